The van der Waals surface area contributed by atoms with Crippen LogP contribution in [0.3, 0.4) is 0 Å². The minimum Gasteiger partial charge on any atom is -0.295 e. The van der Waals surface area contributed by atoms with Gasteiger partial charge in [-0.15, -0.1) is 11.3 Å². The van der Waals surface area contributed by atoms with Crippen LogP contribution in [-0.4, -0.2) is 23.2 Å². The van der Waals surface area contributed by atoms with Crippen molar-refractivity contribution < 1.29 is 0 Å². The van der Waals surface area contributed by atoms with Crippen molar-refractivity contribution in [2.24, 2.45) is 5.41 Å². The number of hydrogen-bond acceptors (Lipinski definition) is 3. The van der Waals surface area contributed by atoms with Crippen LogP contribution in [0.15, 0.2) is 17.5 Å². The summed E-state index contributed by atoms with van der Waals surface area (Å²) in [5, 5.41) is 2.19. The van der Waals surface area contributed by atoms with Crippen LogP contribution in [0.1, 0.15) is 44.4 Å². The van der Waals surface area contributed by atoms with Crippen molar-refractivity contribution in [1.82, 2.24) is 4.90 Å². The van der Waals surface area contributed by atoms with E-state index in [2.05, 4.69) is 48.9 Å². The number of nitrogens with zero attached hydrogens (tertiary/aromatic N) is 1. The van der Waals surface area contributed by atoms with E-state index in [-0.39, 0.29) is 0 Å². The van der Waals surface area contributed by atoms with Gasteiger partial charge in [0, 0.05) is 24.0 Å². The summed E-state index contributed by atoms with van der Waals surface area (Å²) in [6.07, 6.45) is 5.25. The first kappa shape index (κ1) is 14.4. The summed E-state index contributed by atoms with van der Waals surface area (Å²) in [6.45, 7) is 6.98. The Balaban J connectivity index is 2.01. The first-order valence-electron chi connectivity index (χ1n) is 7.10. The van der Waals surface area contributed by atoms with Crippen LogP contribution in [-0.2, 0) is 6.54 Å². The molecule has 0 bridgehead atoms. The molecular weight excluding hydrogens is 258 g/mol. The molecule has 0 N–H and O–H groups in total. The third-order valence-corrected chi connectivity index (χ3v) is 5.91. The molecular formula is C15H25NS2. The highest BCUT2D eigenvalue weighted by Gasteiger charge is 2.35. The van der Waals surface area contributed by atoms with Gasteiger partial charge in [0.25, 0.3) is 0 Å². The normalized spacial score (nSPS) is 16.4. The molecule has 1 fully saturated rings. The number of thiophene rings is 1. The molecule has 1 aliphatic carbocycles. The first-order valence-corrected chi connectivity index (χ1v) is 8.61. The van der Waals surface area contributed by atoms with Crippen molar-refractivity contribution >= 4 is 24.0 Å². The van der Waals surface area contributed by atoms with Gasteiger partial charge in [0.15, 0.2) is 0 Å². The van der Waals surface area contributed by atoms with Gasteiger partial charge in [-0.3, -0.25) is 4.90 Å². The smallest absolute Gasteiger partial charge is 0.0331 e. The zero-order valence-corrected chi connectivity index (χ0v) is 13.3. The van der Waals surface area contributed by atoms with Crippen molar-refractivity contribution in [1.29, 1.82) is 0 Å². The fourth-order valence-corrected chi connectivity index (χ4v) is 3.81. The summed E-state index contributed by atoms with van der Waals surface area (Å²) in [5.74, 6) is 1.01. The van der Waals surface area contributed by atoms with E-state index < -0.39 is 0 Å². The van der Waals surface area contributed by atoms with Gasteiger partial charge in [0.2, 0.25) is 0 Å². The molecule has 1 aromatic heterocycles. The SMILES string of the molecule is CCC(CC)(CS)CN(Cc1cccs1)C1CC1. The van der Waals surface area contributed by atoms with Crippen molar-refractivity contribution in [3.05, 3.63) is 22.4 Å². The maximum Gasteiger partial charge on any atom is 0.0331 e. The molecule has 2 rings (SSSR count). The van der Waals surface area contributed by atoms with E-state index in [0.29, 0.717) is 5.41 Å². The van der Waals surface area contributed by atoms with Crippen molar-refractivity contribution in [2.75, 3.05) is 12.3 Å². The topological polar surface area (TPSA) is 3.24 Å². The van der Waals surface area contributed by atoms with Crippen LogP contribution >= 0.6 is 24.0 Å². The van der Waals surface area contributed by atoms with E-state index in [1.165, 1.54) is 37.1 Å². The van der Waals surface area contributed by atoms with Crippen LogP contribution in [0.5, 0.6) is 0 Å². The lowest BCUT2D eigenvalue weighted by atomic mass is 9.83. The predicted molar refractivity (Wildman–Crippen MR) is 84.6 cm³/mol. The minimum atomic E-state index is 0.406. The van der Waals surface area contributed by atoms with E-state index >= 15 is 0 Å². The fourth-order valence-electron chi connectivity index (χ4n) is 2.53. The highest BCUT2D eigenvalue weighted by molar-refractivity contribution is 7.80. The molecule has 0 amide bonds. The Morgan fingerprint density at radius 2 is 2.11 bits per heavy atom. The standard InChI is InChI=1S/C15H25NS2/c1-3-15(4-2,12-17)11-16(13-7-8-13)10-14-6-5-9-18-14/h5-6,9,13,17H,3-4,7-8,10-12H2,1-2H3. The van der Waals surface area contributed by atoms with Gasteiger partial charge in [-0.2, -0.15) is 12.6 Å². The lowest BCUT2D eigenvalue weighted by Crippen LogP contribution is -2.39. The van der Waals surface area contributed by atoms with E-state index in [0.717, 1.165) is 18.3 Å². The number of thiol groups is 1. The Kier molecular flexibility index (Phi) is 5.16. The summed E-state index contributed by atoms with van der Waals surface area (Å²) >= 11 is 6.50. The molecule has 1 aliphatic rings. The van der Waals surface area contributed by atoms with E-state index in [9.17, 15) is 0 Å². The summed E-state index contributed by atoms with van der Waals surface area (Å²) < 4.78 is 0. The second-order valence-corrected chi connectivity index (χ2v) is 6.93. The molecule has 0 spiro atoms. The molecule has 0 aromatic carbocycles. The second-order valence-electron chi connectivity index (χ2n) is 5.58. The Hall–Kier alpha value is 0.01000. The van der Waals surface area contributed by atoms with Gasteiger partial charge in [-0.1, -0.05) is 19.9 Å². The number of hydrogen-bond donors (Lipinski definition) is 1. The largest absolute Gasteiger partial charge is 0.295 e. The third kappa shape index (κ3) is 3.52. The lowest BCUT2D eigenvalue weighted by molar-refractivity contribution is 0.145. The minimum absolute atomic E-state index is 0.406. The quantitative estimate of drug-likeness (QED) is 0.690. The fraction of sp³-hybridized carbons (Fsp3) is 0.733. The molecule has 3 heteroatoms. The molecule has 1 nitrogen and oxygen atoms in total. The van der Waals surface area contributed by atoms with Crippen LogP contribution in [0.4, 0.5) is 0 Å². The summed E-state index contributed by atoms with van der Waals surface area (Å²) in [5.41, 5.74) is 0.406. The van der Waals surface area contributed by atoms with Gasteiger partial charge in [0.1, 0.15) is 0 Å². The van der Waals surface area contributed by atoms with E-state index in [1.807, 2.05) is 11.3 Å². The summed E-state index contributed by atoms with van der Waals surface area (Å²) in [6, 6.07) is 5.26. The molecule has 0 atom stereocenters. The third-order valence-electron chi connectivity index (χ3n) is 4.38. The zero-order chi connectivity index (χ0) is 13.0. The first-order chi connectivity index (χ1) is 8.73. The molecule has 0 saturated heterocycles. The Labute approximate surface area is 121 Å². The monoisotopic (exact) mass is 283 g/mol. The average molecular weight is 284 g/mol. The van der Waals surface area contributed by atoms with Crippen LogP contribution in [0.25, 0.3) is 0 Å². The second kappa shape index (κ2) is 6.44. The molecule has 18 heavy (non-hydrogen) atoms. The van der Waals surface area contributed by atoms with Crippen molar-refractivity contribution in [2.45, 2.75) is 52.1 Å². The van der Waals surface area contributed by atoms with Gasteiger partial charge in [0.05, 0.1) is 0 Å². The molecule has 1 heterocycles. The highest BCUT2D eigenvalue weighted by atomic mass is 32.1. The van der Waals surface area contributed by atoms with Gasteiger partial charge in [-0.25, -0.2) is 0 Å². The maximum absolute atomic E-state index is 4.61. The van der Waals surface area contributed by atoms with E-state index in [4.69, 9.17) is 0 Å². The maximum atomic E-state index is 4.61. The van der Waals surface area contributed by atoms with Gasteiger partial charge >= 0.3 is 0 Å². The van der Waals surface area contributed by atoms with Crippen LogP contribution in [0, 0.1) is 5.41 Å². The molecule has 0 aliphatic heterocycles. The lowest BCUT2D eigenvalue weighted by Gasteiger charge is -2.36. The van der Waals surface area contributed by atoms with E-state index in [1.54, 1.807) is 0 Å². The van der Waals surface area contributed by atoms with Gasteiger partial charge in [-0.05, 0) is 48.3 Å². The Morgan fingerprint density at radius 1 is 1.39 bits per heavy atom. The van der Waals surface area contributed by atoms with Crippen molar-refractivity contribution in [3.8, 4) is 0 Å². The Bertz CT molecular complexity index is 331. The number of rotatable bonds is 8. The molecule has 0 unspecified atom stereocenters. The molecule has 102 valence electrons. The molecule has 1 aromatic rings. The Morgan fingerprint density at radius 3 is 2.56 bits per heavy atom. The van der Waals surface area contributed by atoms with Crippen LogP contribution < -0.4 is 0 Å². The highest BCUT2D eigenvalue weighted by Crippen LogP contribution is 2.36. The predicted octanol–water partition coefficient (Wildman–Crippen LogP) is 4.45. The van der Waals surface area contributed by atoms with Crippen molar-refractivity contribution in [3.63, 3.8) is 0 Å². The molecule has 1 saturated carbocycles. The zero-order valence-electron chi connectivity index (χ0n) is 11.6. The summed E-state index contributed by atoms with van der Waals surface area (Å²) in [4.78, 5) is 4.21. The van der Waals surface area contributed by atoms with Crippen LogP contribution in [0.2, 0.25) is 0 Å². The molecule has 0 radical (unpaired) electrons. The van der Waals surface area contributed by atoms with Gasteiger partial charge < -0.3 is 0 Å². The summed E-state index contributed by atoms with van der Waals surface area (Å²) in [7, 11) is 0. The average Bonchev–Trinajstić information content (AvgIpc) is 3.13.